The number of ether oxygens (including phenoxy) is 1. The average Bonchev–Trinajstić information content (AvgIpc) is 2.56. The van der Waals surface area contributed by atoms with Gasteiger partial charge in [-0.05, 0) is 44.0 Å². The molecule has 0 spiro atoms. The van der Waals surface area contributed by atoms with E-state index >= 15 is 0 Å². The summed E-state index contributed by atoms with van der Waals surface area (Å²) in [6.45, 7) is 1.97. The molecular formula is C16H23FN2O5S. The lowest BCUT2D eigenvalue weighted by Crippen LogP contribution is -2.51. The van der Waals surface area contributed by atoms with Crippen LogP contribution in [0.15, 0.2) is 29.2 Å². The first-order valence-corrected chi connectivity index (χ1v) is 9.65. The normalized spacial score (nSPS) is 24.0. The van der Waals surface area contributed by atoms with Gasteiger partial charge in [-0.2, -0.15) is 0 Å². The van der Waals surface area contributed by atoms with Gasteiger partial charge in [0.2, 0.25) is 15.9 Å². The Kier molecular flexibility index (Phi) is 6.88. The van der Waals surface area contributed by atoms with E-state index in [1.165, 1.54) is 12.1 Å². The minimum atomic E-state index is -3.86. The molecule has 0 aromatic heterocycles. The van der Waals surface area contributed by atoms with Gasteiger partial charge in [-0.15, -0.1) is 0 Å². The summed E-state index contributed by atoms with van der Waals surface area (Å²) in [4.78, 5) is 11.6. The minimum Gasteiger partial charge on any atom is -0.394 e. The molecule has 1 aliphatic heterocycles. The summed E-state index contributed by atoms with van der Waals surface area (Å²) >= 11 is 0. The van der Waals surface area contributed by atoms with Crippen molar-refractivity contribution in [3.63, 3.8) is 0 Å². The van der Waals surface area contributed by atoms with Crippen LogP contribution in [0.5, 0.6) is 0 Å². The zero-order valence-electron chi connectivity index (χ0n) is 13.9. The molecule has 1 aromatic rings. The Labute approximate surface area is 146 Å². The van der Waals surface area contributed by atoms with Crippen molar-refractivity contribution in [1.82, 2.24) is 10.0 Å². The Hall–Kier alpha value is -1.55. The van der Waals surface area contributed by atoms with Crippen molar-refractivity contribution >= 4 is 15.9 Å². The molecule has 0 bridgehead atoms. The maximum absolute atomic E-state index is 13.0. The molecule has 3 N–H and O–H groups in total. The number of amides is 1. The van der Waals surface area contributed by atoms with Crippen molar-refractivity contribution in [2.24, 2.45) is 0 Å². The van der Waals surface area contributed by atoms with Crippen LogP contribution in [0.2, 0.25) is 0 Å². The number of aliphatic hydroxyl groups excluding tert-OH is 1. The molecule has 1 heterocycles. The zero-order chi connectivity index (χ0) is 18.4. The molecule has 1 fully saturated rings. The molecule has 2 rings (SSSR count). The van der Waals surface area contributed by atoms with E-state index in [0.717, 1.165) is 12.1 Å². The van der Waals surface area contributed by atoms with E-state index in [4.69, 9.17) is 4.74 Å². The van der Waals surface area contributed by atoms with Crippen molar-refractivity contribution in [2.75, 3.05) is 13.2 Å². The second-order valence-electron chi connectivity index (χ2n) is 5.90. The maximum Gasteiger partial charge on any atom is 0.240 e. The number of benzene rings is 1. The minimum absolute atomic E-state index is 0.0602. The van der Waals surface area contributed by atoms with Crippen LogP contribution in [0.25, 0.3) is 0 Å². The van der Waals surface area contributed by atoms with E-state index in [9.17, 15) is 22.7 Å². The van der Waals surface area contributed by atoms with Crippen LogP contribution in [0.4, 0.5) is 4.39 Å². The number of halogens is 1. The van der Waals surface area contributed by atoms with Crippen molar-refractivity contribution in [2.45, 2.75) is 49.3 Å². The van der Waals surface area contributed by atoms with Crippen LogP contribution in [0, 0.1) is 5.82 Å². The average molecular weight is 374 g/mol. The Morgan fingerprint density at radius 3 is 2.60 bits per heavy atom. The van der Waals surface area contributed by atoms with Crippen LogP contribution in [-0.2, 0) is 19.6 Å². The van der Waals surface area contributed by atoms with Crippen molar-refractivity contribution in [1.29, 1.82) is 0 Å². The van der Waals surface area contributed by atoms with Gasteiger partial charge in [-0.3, -0.25) is 4.79 Å². The molecule has 0 aliphatic carbocycles. The first kappa shape index (κ1) is 19.8. The second-order valence-corrected chi connectivity index (χ2v) is 7.61. The van der Waals surface area contributed by atoms with Gasteiger partial charge in [0.1, 0.15) is 5.82 Å². The topological polar surface area (TPSA) is 105 Å². The first-order chi connectivity index (χ1) is 11.9. The Bertz CT molecular complexity index is 680. The maximum atomic E-state index is 13.0. The van der Waals surface area contributed by atoms with Crippen LogP contribution in [-0.4, -0.2) is 50.8 Å². The van der Waals surface area contributed by atoms with E-state index in [-0.39, 0.29) is 29.9 Å². The Morgan fingerprint density at radius 1 is 1.32 bits per heavy atom. The lowest BCUT2D eigenvalue weighted by atomic mass is 9.98. The number of hydrogen-bond acceptors (Lipinski definition) is 5. The lowest BCUT2D eigenvalue weighted by molar-refractivity contribution is -0.130. The summed E-state index contributed by atoms with van der Waals surface area (Å²) in [5, 5.41) is 12.2. The van der Waals surface area contributed by atoms with Gasteiger partial charge >= 0.3 is 0 Å². The Morgan fingerprint density at radius 2 is 2.00 bits per heavy atom. The molecule has 1 saturated heterocycles. The highest BCUT2D eigenvalue weighted by molar-refractivity contribution is 7.89. The fraction of sp³-hybridized carbons (Fsp3) is 0.562. The Balaban J connectivity index is 2.00. The number of carbonyl (C=O) groups excluding carboxylic acids is 1. The second kappa shape index (κ2) is 8.70. The standard InChI is InChI=1S/C16H23FN2O5S/c1-2-18-16(21)9-12-5-8-14(15(10-20)24-12)19-25(22,23)13-6-3-11(17)4-7-13/h3-4,6-7,12,14-15,19-20H,2,5,8-10H2,1H3,(H,18,21)/t12-,14+,15+/m0/s1. The van der Waals surface area contributed by atoms with Gasteiger partial charge in [0.15, 0.2) is 0 Å². The molecule has 1 amide bonds. The van der Waals surface area contributed by atoms with Gasteiger partial charge in [0, 0.05) is 6.54 Å². The SMILES string of the molecule is CCNC(=O)C[C@@H]1CC[C@@H](NS(=O)(=O)c2ccc(F)cc2)[C@@H](CO)O1. The van der Waals surface area contributed by atoms with E-state index < -0.39 is 28.0 Å². The predicted molar refractivity (Wildman–Crippen MR) is 88.8 cm³/mol. The molecule has 3 atom stereocenters. The fourth-order valence-electron chi connectivity index (χ4n) is 2.77. The number of nitrogens with one attached hydrogen (secondary N) is 2. The summed E-state index contributed by atoms with van der Waals surface area (Å²) in [5.74, 6) is -0.670. The van der Waals surface area contributed by atoms with Crippen LogP contribution < -0.4 is 10.0 Å². The molecule has 1 aliphatic rings. The van der Waals surface area contributed by atoms with E-state index in [1.807, 2.05) is 6.92 Å². The molecule has 9 heteroatoms. The molecule has 0 saturated carbocycles. The summed E-state index contributed by atoms with van der Waals surface area (Å²) in [5.41, 5.74) is 0. The van der Waals surface area contributed by atoms with Crippen molar-refractivity contribution in [3.05, 3.63) is 30.1 Å². The fourth-order valence-corrected chi connectivity index (χ4v) is 4.07. The van der Waals surface area contributed by atoms with E-state index in [2.05, 4.69) is 10.0 Å². The molecule has 25 heavy (non-hydrogen) atoms. The van der Waals surface area contributed by atoms with Crippen LogP contribution >= 0.6 is 0 Å². The van der Waals surface area contributed by atoms with Gasteiger partial charge in [0.25, 0.3) is 0 Å². The van der Waals surface area contributed by atoms with Gasteiger partial charge in [0.05, 0.1) is 36.2 Å². The summed E-state index contributed by atoms with van der Waals surface area (Å²) in [7, 11) is -3.86. The molecular weight excluding hydrogens is 351 g/mol. The monoisotopic (exact) mass is 374 g/mol. The lowest BCUT2D eigenvalue weighted by Gasteiger charge is -2.35. The molecule has 1 aromatic carbocycles. The highest BCUT2D eigenvalue weighted by Crippen LogP contribution is 2.23. The zero-order valence-corrected chi connectivity index (χ0v) is 14.8. The van der Waals surface area contributed by atoms with Crippen molar-refractivity contribution in [3.8, 4) is 0 Å². The number of hydrogen-bond donors (Lipinski definition) is 3. The third-order valence-electron chi connectivity index (χ3n) is 4.01. The smallest absolute Gasteiger partial charge is 0.240 e. The summed E-state index contributed by atoms with van der Waals surface area (Å²) < 4.78 is 45.9. The third kappa shape index (κ3) is 5.46. The first-order valence-electron chi connectivity index (χ1n) is 8.16. The number of rotatable bonds is 7. The van der Waals surface area contributed by atoms with Gasteiger partial charge < -0.3 is 15.2 Å². The van der Waals surface area contributed by atoms with Gasteiger partial charge in [-0.25, -0.2) is 17.5 Å². The largest absolute Gasteiger partial charge is 0.394 e. The quantitative estimate of drug-likeness (QED) is 0.646. The summed E-state index contributed by atoms with van der Waals surface area (Å²) in [6.07, 6.45) is -0.0273. The molecule has 7 nitrogen and oxygen atoms in total. The number of sulfonamides is 1. The van der Waals surface area contributed by atoms with Crippen molar-refractivity contribution < 1.29 is 27.4 Å². The van der Waals surface area contributed by atoms with Gasteiger partial charge in [-0.1, -0.05) is 0 Å². The number of carbonyl (C=O) groups is 1. The van der Waals surface area contributed by atoms with E-state index in [0.29, 0.717) is 19.4 Å². The third-order valence-corrected chi connectivity index (χ3v) is 5.52. The predicted octanol–water partition coefficient (Wildman–Crippen LogP) is 0.539. The van der Waals surface area contributed by atoms with E-state index in [1.54, 1.807) is 0 Å². The highest BCUT2D eigenvalue weighted by Gasteiger charge is 2.34. The molecule has 0 unspecified atom stereocenters. The molecule has 0 radical (unpaired) electrons. The van der Waals surface area contributed by atoms with Crippen LogP contribution in [0.1, 0.15) is 26.2 Å². The van der Waals surface area contributed by atoms with Crippen LogP contribution in [0.3, 0.4) is 0 Å². The summed E-state index contributed by atoms with van der Waals surface area (Å²) in [6, 6.07) is 3.86. The highest BCUT2D eigenvalue weighted by atomic mass is 32.2. The number of aliphatic hydroxyl groups is 1. The molecule has 140 valence electrons.